The molecule has 1 N–H and O–H groups in total. The number of rotatable bonds is 6. The highest BCUT2D eigenvalue weighted by Crippen LogP contribution is 2.21. The van der Waals surface area contributed by atoms with Gasteiger partial charge in [-0.1, -0.05) is 35.0 Å². The van der Waals surface area contributed by atoms with Crippen molar-refractivity contribution in [2.75, 3.05) is 11.9 Å². The summed E-state index contributed by atoms with van der Waals surface area (Å²) in [6.07, 6.45) is 3.65. The zero-order valence-electron chi connectivity index (χ0n) is 15.3. The number of carbonyl (C=O) groups is 2. The summed E-state index contributed by atoms with van der Waals surface area (Å²) in [7, 11) is 0. The first-order valence-electron chi connectivity index (χ1n) is 9.12. The van der Waals surface area contributed by atoms with Gasteiger partial charge in [0, 0.05) is 19.0 Å². The number of aryl methyl sites for hydroxylation is 3. The number of hydrogen-bond donors (Lipinski definition) is 1. The highest BCUT2D eigenvalue weighted by Gasteiger charge is 2.33. The highest BCUT2D eigenvalue weighted by atomic mass is 16.5. The second kappa shape index (κ2) is 8.17. The Labute approximate surface area is 153 Å². The van der Waals surface area contributed by atoms with Crippen molar-refractivity contribution in [2.45, 2.75) is 52.0 Å². The Kier molecular flexibility index (Phi) is 5.71. The van der Waals surface area contributed by atoms with Crippen LogP contribution >= 0.6 is 0 Å². The smallest absolute Gasteiger partial charge is 0.248 e. The van der Waals surface area contributed by atoms with Crippen molar-refractivity contribution in [3.05, 3.63) is 47.2 Å². The molecule has 3 rings (SSSR count). The summed E-state index contributed by atoms with van der Waals surface area (Å²) in [6, 6.07) is 9.63. The fraction of sp³-hybridized carbons (Fsp3) is 0.450. The number of anilines is 1. The number of benzene rings is 1. The molecule has 1 aromatic heterocycles. The van der Waals surface area contributed by atoms with Crippen LogP contribution in [0.4, 0.5) is 5.82 Å². The van der Waals surface area contributed by atoms with E-state index < -0.39 is 6.04 Å². The molecule has 0 radical (unpaired) electrons. The van der Waals surface area contributed by atoms with Crippen LogP contribution in [0.1, 0.15) is 42.6 Å². The van der Waals surface area contributed by atoms with E-state index in [4.69, 9.17) is 4.52 Å². The van der Waals surface area contributed by atoms with Gasteiger partial charge in [-0.2, -0.15) is 0 Å². The third-order valence-electron chi connectivity index (χ3n) is 4.73. The number of amides is 2. The number of nitrogens with zero attached hydrogens (tertiary/aromatic N) is 2. The first kappa shape index (κ1) is 18.2. The van der Waals surface area contributed by atoms with Gasteiger partial charge in [-0.3, -0.25) is 9.59 Å². The lowest BCUT2D eigenvalue weighted by molar-refractivity contribution is -0.136. The van der Waals surface area contributed by atoms with Gasteiger partial charge in [0.2, 0.25) is 11.8 Å². The summed E-state index contributed by atoms with van der Waals surface area (Å²) in [5, 5.41) is 6.52. The molecule has 1 saturated heterocycles. The van der Waals surface area contributed by atoms with Crippen molar-refractivity contribution in [1.29, 1.82) is 0 Å². The lowest BCUT2D eigenvalue weighted by atomic mass is 10.1. The molecule has 0 saturated carbocycles. The van der Waals surface area contributed by atoms with E-state index >= 15 is 0 Å². The molecule has 2 aromatic rings. The lowest BCUT2D eigenvalue weighted by Gasteiger charge is -2.23. The molecular formula is C20H25N3O3. The Hall–Kier alpha value is -2.63. The predicted molar refractivity (Wildman–Crippen MR) is 98.7 cm³/mol. The number of likely N-dealkylation sites (tertiary alicyclic amines) is 1. The molecule has 0 bridgehead atoms. The third-order valence-corrected chi connectivity index (χ3v) is 4.73. The van der Waals surface area contributed by atoms with Gasteiger partial charge in [0.1, 0.15) is 11.8 Å². The van der Waals surface area contributed by atoms with Crippen LogP contribution in [0.3, 0.4) is 0 Å². The van der Waals surface area contributed by atoms with Gasteiger partial charge in [-0.05, 0) is 45.1 Å². The van der Waals surface area contributed by atoms with Crippen molar-refractivity contribution in [1.82, 2.24) is 10.1 Å². The van der Waals surface area contributed by atoms with Gasteiger partial charge in [-0.15, -0.1) is 0 Å². The molecule has 26 heavy (non-hydrogen) atoms. The Morgan fingerprint density at radius 2 is 2.04 bits per heavy atom. The lowest BCUT2D eigenvalue weighted by Crippen LogP contribution is -2.43. The third kappa shape index (κ3) is 4.50. The minimum Gasteiger partial charge on any atom is -0.360 e. The summed E-state index contributed by atoms with van der Waals surface area (Å²) in [5.74, 6) is 0.885. The van der Waals surface area contributed by atoms with Crippen LogP contribution < -0.4 is 5.32 Å². The number of carbonyl (C=O) groups excluding carboxylic acids is 2. The number of nitrogens with one attached hydrogen (secondary N) is 1. The van der Waals surface area contributed by atoms with Gasteiger partial charge in [-0.25, -0.2) is 0 Å². The Morgan fingerprint density at radius 1 is 1.27 bits per heavy atom. The van der Waals surface area contributed by atoms with Gasteiger partial charge in [0.25, 0.3) is 0 Å². The summed E-state index contributed by atoms with van der Waals surface area (Å²) in [5.41, 5.74) is 2.47. The zero-order chi connectivity index (χ0) is 18.5. The molecule has 138 valence electrons. The fourth-order valence-corrected chi connectivity index (χ4v) is 3.31. The highest BCUT2D eigenvalue weighted by molar-refractivity contribution is 5.96. The molecule has 0 unspecified atom stereocenters. The molecule has 0 aliphatic carbocycles. The van der Waals surface area contributed by atoms with Crippen molar-refractivity contribution in [3.8, 4) is 0 Å². The Bertz CT molecular complexity index is 767. The van der Waals surface area contributed by atoms with Crippen molar-refractivity contribution in [2.24, 2.45) is 0 Å². The van der Waals surface area contributed by atoms with Crippen LogP contribution in [0.15, 0.2) is 34.9 Å². The van der Waals surface area contributed by atoms with Crippen LogP contribution in [0, 0.1) is 13.8 Å². The average molecular weight is 355 g/mol. The van der Waals surface area contributed by atoms with E-state index in [1.165, 1.54) is 11.1 Å². The molecule has 2 heterocycles. The molecule has 1 atom stereocenters. The second-order valence-corrected chi connectivity index (χ2v) is 6.90. The maximum atomic E-state index is 12.6. The van der Waals surface area contributed by atoms with E-state index in [1.807, 2.05) is 0 Å². The molecule has 1 aliphatic rings. The van der Waals surface area contributed by atoms with Crippen LogP contribution in [-0.4, -0.2) is 34.5 Å². The summed E-state index contributed by atoms with van der Waals surface area (Å²) < 4.78 is 4.96. The summed E-state index contributed by atoms with van der Waals surface area (Å²) in [6.45, 7) is 4.47. The largest absolute Gasteiger partial charge is 0.360 e. The van der Waals surface area contributed by atoms with Crippen LogP contribution in [0.25, 0.3) is 0 Å². The monoisotopic (exact) mass is 355 g/mol. The number of hydrogen-bond acceptors (Lipinski definition) is 4. The fourth-order valence-electron chi connectivity index (χ4n) is 3.31. The second-order valence-electron chi connectivity index (χ2n) is 6.90. The van der Waals surface area contributed by atoms with E-state index in [2.05, 4.69) is 41.7 Å². The summed E-state index contributed by atoms with van der Waals surface area (Å²) >= 11 is 0. The van der Waals surface area contributed by atoms with Gasteiger partial charge < -0.3 is 14.7 Å². The summed E-state index contributed by atoms with van der Waals surface area (Å²) in [4.78, 5) is 26.8. The Balaban J connectivity index is 1.50. The first-order valence-corrected chi connectivity index (χ1v) is 9.12. The molecule has 6 nitrogen and oxygen atoms in total. The predicted octanol–water partition coefficient (Wildman–Crippen LogP) is 3.24. The van der Waals surface area contributed by atoms with E-state index in [-0.39, 0.29) is 11.8 Å². The molecule has 0 spiro atoms. The first-order chi connectivity index (χ1) is 12.5. The number of aromatic nitrogens is 1. The van der Waals surface area contributed by atoms with E-state index in [1.54, 1.807) is 17.9 Å². The van der Waals surface area contributed by atoms with Crippen molar-refractivity contribution < 1.29 is 14.1 Å². The van der Waals surface area contributed by atoms with Crippen LogP contribution in [0.5, 0.6) is 0 Å². The van der Waals surface area contributed by atoms with Gasteiger partial charge >= 0.3 is 0 Å². The van der Waals surface area contributed by atoms with Crippen LogP contribution in [-0.2, 0) is 16.0 Å². The average Bonchev–Trinajstić information content (AvgIpc) is 3.25. The quantitative estimate of drug-likeness (QED) is 0.863. The maximum Gasteiger partial charge on any atom is 0.248 e. The normalized spacial score (nSPS) is 16.7. The standard InChI is InChI=1S/C20H25N3O3/c1-14-8-10-16(11-9-14)5-3-7-19(24)23-12-4-6-17(23)20(25)21-18-13-15(2)26-22-18/h8-11,13,17H,3-7,12H2,1-2H3,(H,21,22,25)/t17-/m0/s1. The molecule has 1 aromatic carbocycles. The minimum absolute atomic E-state index is 0.0473. The van der Waals surface area contributed by atoms with Crippen LogP contribution in [0.2, 0.25) is 0 Å². The van der Waals surface area contributed by atoms with Gasteiger partial charge in [0.05, 0.1) is 0 Å². The Morgan fingerprint density at radius 3 is 2.73 bits per heavy atom. The molecule has 1 aliphatic heterocycles. The van der Waals surface area contributed by atoms with E-state index in [0.717, 1.165) is 19.3 Å². The van der Waals surface area contributed by atoms with Gasteiger partial charge in [0.15, 0.2) is 5.82 Å². The van der Waals surface area contributed by atoms with Crippen molar-refractivity contribution in [3.63, 3.8) is 0 Å². The molecule has 2 amide bonds. The van der Waals surface area contributed by atoms with E-state index in [0.29, 0.717) is 31.0 Å². The molecule has 1 fully saturated rings. The van der Waals surface area contributed by atoms with E-state index in [9.17, 15) is 9.59 Å². The van der Waals surface area contributed by atoms with Crippen molar-refractivity contribution >= 4 is 17.6 Å². The molecule has 6 heteroatoms. The molecular weight excluding hydrogens is 330 g/mol. The topological polar surface area (TPSA) is 75.4 Å². The SMILES string of the molecule is Cc1ccc(CCCC(=O)N2CCC[C@H]2C(=O)Nc2cc(C)on2)cc1. The maximum absolute atomic E-state index is 12.6. The minimum atomic E-state index is -0.418. The zero-order valence-corrected chi connectivity index (χ0v) is 15.3.